The van der Waals surface area contributed by atoms with E-state index in [4.69, 9.17) is 21.1 Å². The number of carbonyl (C=O) groups is 1. The Kier molecular flexibility index (Phi) is 7.24. The van der Waals surface area contributed by atoms with Gasteiger partial charge in [-0.05, 0) is 49.4 Å². The molecule has 0 saturated heterocycles. The Balaban J connectivity index is 1.87. The quantitative estimate of drug-likeness (QED) is 0.760. The maximum atomic E-state index is 13.7. The number of likely N-dealkylation sites (N-methyl/N-ethyl adjacent to an activating group) is 1. The molecular formula is C19H22ClFN2O3. The van der Waals surface area contributed by atoms with Gasteiger partial charge in [0.05, 0.1) is 26.5 Å². The van der Waals surface area contributed by atoms with E-state index in [1.54, 1.807) is 14.2 Å². The van der Waals surface area contributed by atoms with Gasteiger partial charge >= 0.3 is 0 Å². The fourth-order valence-electron chi connectivity index (χ4n) is 2.46. The van der Waals surface area contributed by atoms with Gasteiger partial charge in [-0.1, -0.05) is 17.7 Å². The zero-order chi connectivity index (χ0) is 19.1. The maximum absolute atomic E-state index is 13.7. The molecular weight excluding hydrogens is 359 g/mol. The van der Waals surface area contributed by atoms with Gasteiger partial charge in [-0.15, -0.1) is 0 Å². The third kappa shape index (κ3) is 5.61. The molecule has 0 saturated carbocycles. The molecule has 26 heavy (non-hydrogen) atoms. The zero-order valence-corrected chi connectivity index (χ0v) is 15.8. The molecule has 0 unspecified atom stereocenters. The number of ether oxygens (including phenoxy) is 2. The number of nitrogens with zero attached hydrogens (tertiary/aromatic N) is 1. The van der Waals surface area contributed by atoms with E-state index in [-0.39, 0.29) is 18.1 Å². The molecule has 2 rings (SSSR count). The van der Waals surface area contributed by atoms with Gasteiger partial charge in [0.2, 0.25) is 5.91 Å². The van der Waals surface area contributed by atoms with Crippen molar-refractivity contribution in [3.05, 3.63) is 52.8 Å². The lowest BCUT2D eigenvalue weighted by molar-refractivity contribution is -0.117. The number of hydrogen-bond donors (Lipinski definition) is 1. The van der Waals surface area contributed by atoms with Crippen LogP contribution in [0, 0.1) is 5.82 Å². The van der Waals surface area contributed by atoms with Crippen molar-refractivity contribution in [2.24, 2.45) is 0 Å². The summed E-state index contributed by atoms with van der Waals surface area (Å²) in [6.45, 7) is 0.792. The van der Waals surface area contributed by atoms with Crippen molar-refractivity contribution in [2.45, 2.75) is 6.42 Å². The average Bonchev–Trinajstić information content (AvgIpc) is 2.62. The van der Waals surface area contributed by atoms with Crippen LogP contribution in [0.1, 0.15) is 5.56 Å². The van der Waals surface area contributed by atoms with Crippen LogP contribution >= 0.6 is 11.6 Å². The van der Waals surface area contributed by atoms with Crippen molar-refractivity contribution in [1.29, 1.82) is 0 Å². The topological polar surface area (TPSA) is 50.8 Å². The standard InChI is InChI=1S/C19H22ClFN2O3/c1-23(9-8-13-4-7-17(25-2)18(10-13)26-3)12-19(24)22-16-11-14(20)5-6-15(16)21/h4-7,10-11H,8-9,12H2,1-3H3,(H,22,24). The van der Waals surface area contributed by atoms with Gasteiger partial charge in [0.15, 0.2) is 11.5 Å². The SMILES string of the molecule is COc1ccc(CCN(C)CC(=O)Nc2cc(Cl)ccc2F)cc1OC. The van der Waals surface area contributed by atoms with Crippen LogP contribution in [0.5, 0.6) is 11.5 Å². The Morgan fingerprint density at radius 2 is 1.88 bits per heavy atom. The number of anilines is 1. The highest BCUT2D eigenvalue weighted by Crippen LogP contribution is 2.27. The largest absolute Gasteiger partial charge is 0.493 e. The van der Waals surface area contributed by atoms with Gasteiger partial charge < -0.3 is 14.8 Å². The molecule has 5 nitrogen and oxygen atoms in total. The predicted molar refractivity (Wildman–Crippen MR) is 101 cm³/mol. The minimum absolute atomic E-state index is 0.0794. The van der Waals surface area contributed by atoms with E-state index < -0.39 is 5.82 Å². The summed E-state index contributed by atoms with van der Waals surface area (Å²) in [5, 5.41) is 2.90. The Bertz CT molecular complexity index is 770. The Hall–Kier alpha value is -2.31. The Morgan fingerprint density at radius 3 is 2.58 bits per heavy atom. The molecule has 0 aromatic heterocycles. The molecule has 0 aliphatic heterocycles. The number of carbonyl (C=O) groups excluding carboxylic acids is 1. The summed E-state index contributed by atoms with van der Waals surface area (Å²) in [4.78, 5) is 13.9. The molecule has 0 spiro atoms. The fourth-order valence-corrected chi connectivity index (χ4v) is 2.64. The molecule has 7 heteroatoms. The number of benzene rings is 2. The van der Waals surface area contributed by atoms with Crippen LogP contribution in [0.3, 0.4) is 0 Å². The van der Waals surface area contributed by atoms with Crippen LogP contribution in [0.2, 0.25) is 5.02 Å². The minimum Gasteiger partial charge on any atom is -0.493 e. The van der Waals surface area contributed by atoms with Crippen molar-refractivity contribution < 1.29 is 18.7 Å². The van der Waals surface area contributed by atoms with E-state index >= 15 is 0 Å². The molecule has 0 radical (unpaired) electrons. The molecule has 0 aliphatic carbocycles. The van der Waals surface area contributed by atoms with Gasteiger partial charge in [-0.2, -0.15) is 0 Å². The number of rotatable bonds is 8. The molecule has 2 aromatic carbocycles. The molecule has 0 aliphatic rings. The van der Waals surface area contributed by atoms with Crippen LogP contribution in [0.15, 0.2) is 36.4 Å². The molecule has 0 fully saturated rings. The van der Waals surface area contributed by atoms with E-state index in [0.717, 1.165) is 12.0 Å². The Labute approximate surface area is 157 Å². The average molecular weight is 381 g/mol. The molecule has 2 aromatic rings. The third-order valence-electron chi connectivity index (χ3n) is 3.85. The summed E-state index contributed by atoms with van der Waals surface area (Å²) < 4.78 is 24.2. The zero-order valence-electron chi connectivity index (χ0n) is 15.0. The van der Waals surface area contributed by atoms with E-state index in [1.807, 2.05) is 30.1 Å². The number of halogens is 2. The third-order valence-corrected chi connectivity index (χ3v) is 4.08. The summed E-state index contributed by atoms with van der Waals surface area (Å²) in [5.74, 6) is 0.520. The second-order valence-electron chi connectivity index (χ2n) is 5.85. The van der Waals surface area contributed by atoms with E-state index in [0.29, 0.717) is 23.1 Å². The van der Waals surface area contributed by atoms with Crippen LogP contribution in [-0.4, -0.2) is 45.2 Å². The second kappa shape index (κ2) is 9.40. The van der Waals surface area contributed by atoms with E-state index in [2.05, 4.69) is 5.32 Å². The first-order valence-corrected chi connectivity index (χ1v) is 8.45. The number of hydrogen-bond acceptors (Lipinski definition) is 4. The maximum Gasteiger partial charge on any atom is 0.238 e. The van der Waals surface area contributed by atoms with Crippen LogP contribution < -0.4 is 14.8 Å². The molecule has 0 atom stereocenters. The number of methoxy groups -OCH3 is 2. The first-order valence-electron chi connectivity index (χ1n) is 8.07. The highest BCUT2D eigenvalue weighted by molar-refractivity contribution is 6.30. The smallest absolute Gasteiger partial charge is 0.238 e. The van der Waals surface area contributed by atoms with Crippen molar-refractivity contribution in [2.75, 3.05) is 39.7 Å². The van der Waals surface area contributed by atoms with Crippen molar-refractivity contribution in [3.63, 3.8) is 0 Å². The lowest BCUT2D eigenvalue weighted by Crippen LogP contribution is -2.31. The monoisotopic (exact) mass is 380 g/mol. The molecule has 0 bridgehead atoms. The van der Waals surface area contributed by atoms with Gasteiger partial charge in [-0.25, -0.2) is 4.39 Å². The van der Waals surface area contributed by atoms with Crippen LogP contribution in [0.25, 0.3) is 0 Å². The second-order valence-corrected chi connectivity index (χ2v) is 6.29. The van der Waals surface area contributed by atoms with Gasteiger partial charge in [0, 0.05) is 11.6 Å². The number of amides is 1. The first-order chi connectivity index (χ1) is 12.4. The molecule has 0 heterocycles. The lowest BCUT2D eigenvalue weighted by Gasteiger charge is -2.17. The summed E-state index contributed by atoms with van der Waals surface area (Å²) in [6.07, 6.45) is 0.732. The number of nitrogens with one attached hydrogen (secondary N) is 1. The van der Waals surface area contributed by atoms with Gasteiger partial charge in [0.1, 0.15) is 5.82 Å². The Morgan fingerprint density at radius 1 is 1.15 bits per heavy atom. The molecule has 140 valence electrons. The van der Waals surface area contributed by atoms with Crippen LogP contribution in [0.4, 0.5) is 10.1 Å². The summed E-state index contributed by atoms with van der Waals surface area (Å²) in [5.41, 5.74) is 1.14. The van der Waals surface area contributed by atoms with Gasteiger partial charge in [-0.3, -0.25) is 9.69 Å². The molecule has 1 amide bonds. The highest BCUT2D eigenvalue weighted by Gasteiger charge is 2.11. The summed E-state index contributed by atoms with van der Waals surface area (Å²) in [6, 6.07) is 9.76. The molecule has 1 N–H and O–H groups in total. The minimum atomic E-state index is -0.518. The summed E-state index contributed by atoms with van der Waals surface area (Å²) >= 11 is 5.82. The van der Waals surface area contributed by atoms with E-state index in [1.165, 1.54) is 18.2 Å². The van der Waals surface area contributed by atoms with E-state index in [9.17, 15) is 9.18 Å². The summed E-state index contributed by atoms with van der Waals surface area (Å²) in [7, 11) is 5.01. The first kappa shape index (κ1) is 20.0. The van der Waals surface area contributed by atoms with Crippen LogP contribution in [-0.2, 0) is 11.2 Å². The lowest BCUT2D eigenvalue weighted by atomic mass is 10.1. The van der Waals surface area contributed by atoms with Crippen molar-refractivity contribution in [3.8, 4) is 11.5 Å². The fraction of sp³-hybridized carbons (Fsp3) is 0.316. The highest BCUT2D eigenvalue weighted by atomic mass is 35.5. The van der Waals surface area contributed by atoms with Crippen molar-refractivity contribution in [1.82, 2.24) is 4.90 Å². The predicted octanol–water partition coefficient (Wildman–Crippen LogP) is 3.61. The van der Waals surface area contributed by atoms with Crippen molar-refractivity contribution >= 4 is 23.2 Å². The van der Waals surface area contributed by atoms with Gasteiger partial charge in [0.25, 0.3) is 0 Å². The normalized spacial score (nSPS) is 10.7.